The number of phenolic OH excluding ortho intramolecular Hbond substituents is 1. The summed E-state index contributed by atoms with van der Waals surface area (Å²) in [7, 11) is 0. The first kappa shape index (κ1) is 25.6. The summed E-state index contributed by atoms with van der Waals surface area (Å²) >= 11 is 0. The number of hydrogen-bond acceptors (Lipinski definition) is 9. The minimum atomic E-state index is -0.997. The number of nitrogens with zero attached hydrogens (tertiary/aromatic N) is 5. The van der Waals surface area contributed by atoms with Gasteiger partial charge in [0.1, 0.15) is 29.5 Å². The fourth-order valence-electron chi connectivity index (χ4n) is 5.26. The SMILES string of the molecule is OCC1OC(CN2CCN(c3ccc(O)cc3)CC2CO)CC(n2cc(-c3cccc(F)c3)nn2)C1O. The van der Waals surface area contributed by atoms with E-state index in [-0.39, 0.29) is 36.9 Å². The quantitative estimate of drug-likeness (QED) is 0.366. The normalized spacial score (nSPS) is 26.9. The van der Waals surface area contributed by atoms with Crippen LogP contribution in [0.25, 0.3) is 11.3 Å². The van der Waals surface area contributed by atoms with E-state index >= 15 is 0 Å². The number of phenols is 1. The molecule has 0 aliphatic carbocycles. The van der Waals surface area contributed by atoms with Crippen LogP contribution in [0.4, 0.5) is 10.1 Å². The van der Waals surface area contributed by atoms with Gasteiger partial charge in [0.25, 0.3) is 0 Å². The molecular formula is C26H32FN5O5. The standard InChI is InChI=1S/C26H32FN5O5/c27-18-3-1-2-17(10-18)23-14-32(29-28-23)24-11-22(37-25(16-34)26(24)36)13-31-9-8-30(12-20(31)15-33)19-4-6-21(35)7-5-19/h1-7,10,14,20,22,24-26,33-36H,8-9,11-13,15-16H2. The van der Waals surface area contributed by atoms with Gasteiger partial charge in [0, 0.05) is 37.4 Å². The van der Waals surface area contributed by atoms with Gasteiger partial charge < -0.3 is 30.1 Å². The van der Waals surface area contributed by atoms with Crippen LogP contribution in [0, 0.1) is 5.82 Å². The number of aromatic nitrogens is 3. The van der Waals surface area contributed by atoms with E-state index < -0.39 is 18.2 Å². The molecule has 0 radical (unpaired) electrons. The molecule has 198 valence electrons. The maximum atomic E-state index is 13.7. The summed E-state index contributed by atoms with van der Waals surface area (Å²) in [6.07, 6.45) is -0.00631. The lowest BCUT2D eigenvalue weighted by molar-refractivity contribution is -0.163. The van der Waals surface area contributed by atoms with Crippen molar-refractivity contribution in [3.8, 4) is 17.0 Å². The smallest absolute Gasteiger partial charge is 0.123 e. The lowest BCUT2D eigenvalue weighted by atomic mass is 9.94. The van der Waals surface area contributed by atoms with Crippen LogP contribution in [0.5, 0.6) is 5.75 Å². The van der Waals surface area contributed by atoms with Crippen LogP contribution in [0.1, 0.15) is 12.5 Å². The van der Waals surface area contributed by atoms with Crippen molar-refractivity contribution in [3.05, 3.63) is 60.5 Å². The molecule has 2 aliphatic rings. The molecule has 37 heavy (non-hydrogen) atoms. The molecule has 5 atom stereocenters. The summed E-state index contributed by atoms with van der Waals surface area (Å²) in [4.78, 5) is 4.34. The molecule has 10 nitrogen and oxygen atoms in total. The first-order valence-electron chi connectivity index (χ1n) is 12.5. The van der Waals surface area contributed by atoms with Crippen molar-refractivity contribution < 1.29 is 29.6 Å². The van der Waals surface area contributed by atoms with Crippen LogP contribution in [0.15, 0.2) is 54.7 Å². The van der Waals surface area contributed by atoms with Crippen molar-refractivity contribution in [2.24, 2.45) is 0 Å². The molecule has 4 N–H and O–H groups in total. The van der Waals surface area contributed by atoms with E-state index in [0.717, 1.165) is 12.2 Å². The Balaban J connectivity index is 1.28. The molecule has 0 amide bonds. The zero-order valence-electron chi connectivity index (χ0n) is 20.3. The van der Waals surface area contributed by atoms with Crippen molar-refractivity contribution in [1.82, 2.24) is 19.9 Å². The second kappa shape index (κ2) is 11.1. The van der Waals surface area contributed by atoms with Gasteiger partial charge in [0.05, 0.1) is 37.6 Å². The van der Waals surface area contributed by atoms with E-state index in [0.29, 0.717) is 37.3 Å². The Kier molecular flexibility index (Phi) is 7.68. The second-order valence-corrected chi connectivity index (χ2v) is 9.66. The molecule has 2 aliphatic heterocycles. The zero-order chi connectivity index (χ0) is 25.9. The highest BCUT2D eigenvalue weighted by Gasteiger charge is 2.40. The Morgan fingerprint density at radius 3 is 2.59 bits per heavy atom. The van der Waals surface area contributed by atoms with Crippen molar-refractivity contribution in [2.75, 3.05) is 44.3 Å². The maximum absolute atomic E-state index is 13.7. The Morgan fingerprint density at radius 1 is 1.05 bits per heavy atom. The molecular weight excluding hydrogens is 481 g/mol. The van der Waals surface area contributed by atoms with Crippen molar-refractivity contribution in [1.29, 1.82) is 0 Å². The van der Waals surface area contributed by atoms with E-state index in [1.807, 2.05) is 12.1 Å². The highest BCUT2D eigenvalue weighted by atomic mass is 19.1. The van der Waals surface area contributed by atoms with Crippen molar-refractivity contribution >= 4 is 5.69 Å². The number of ether oxygens (including phenoxy) is 1. The minimum absolute atomic E-state index is 0.0309. The third-order valence-electron chi connectivity index (χ3n) is 7.27. The highest BCUT2D eigenvalue weighted by molar-refractivity contribution is 5.57. The first-order valence-corrected chi connectivity index (χ1v) is 12.5. The molecule has 2 saturated heterocycles. The fraction of sp³-hybridized carbons (Fsp3) is 0.462. The predicted octanol–water partition coefficient (Wildman–Crippen LogP) is 1.02. The average molecular weight is 514 g/mol. The number of hydrogen-bond donors (Lipinski definition) is 4. The average Bonchev–Trinajstić information content (AvgIpc) is 3.40. The Labute approximate surface area is 214 Å². The Bertz CT molecular complexity index is 1180. The molecule has 1 aromatic heterocycles. The van der Waals surface area contributed by atoms with Gasteiger partial charge in [-0.25, -0.2) is 9.07 Å². The predicted molar refractivity (Wildman–Crippen MR) is 134 cm³/mol. The highest BCUT2D eigenvalue weighted by Crippen LogP contribution is 2.32. The van der Waals surface area contributed by atoms with E-state index in [1.54, 1.807) is 35.1 Å². The zero-order valence-corrected chi connectivity index (χ0v) is 20.3. The third kappa shape index (κ3) is 5.60. The van der Waals surface area contributed by atoms with E-state index in [9.17, 15) is 24.8 Å². The summed E-state index contributed by atoms with van der Waals surface area (Å²) in [6, 6.07) is 12.5. The number of benzene rings is 2. The molecule has 0 spiro atoms. The van der Waals surface area contributed by atoms with Crippen LogP contribution < -0.4 is 4.90 Å². The molecule has 0 bridgehead atoms. The first-order chi connectivity index (χ1) is 17.9. The monoisotopic (exact) mass is 513 g/mol. The topological polar surface area (TPSA) is 127 Å². The van der Waals surface area contributed by atoms with Crippen LogP contribution in [-0.4, -0.2) is 104 Å². The number of aliphatic hydroxyl groups is 3. The van der Waals surface area contributed by atoms with Gasteiger partial charge >= 0.3 is 0 Å². The molecule has 5 unspecified atom stereocenters. The van der Waals surface area contributed by atoms with E-state index in [2.05, 4.69) is 20.1 Å². The van der Waals surface area contributed by atoms with E-state index in [1.165, 1.54) is 12.1 Å². The van der Waals surface area contributed by atoms with Gasteiger partial charge in [-0.15, -0.1) is 5.10 Å². The molecule has 5 rings (SSSR count). The molecule has 11 heteroatoms. The van der Waals surface area contributed by atoms with Gasteiger partial charge in [-0.2, -0.15) is 0 Å². The Morgan fingerprint density at radius 2 is 1.86 bits per heavy atom. The molecule has 3 heterocycles. The van der Waals surface area contributed by atoms with Gasteiger partial charge in [-0.3, -0.25) is 4.90 Å². The number of aliphatic hydroxyl groups excluding tert-OH is 3. The van der Waals surface area contributed by atoms with Gasteiger partial charge in [-0.05, 0) is 42.8 Å². The molecule has 0 saturated carbocycles. The van der Waals surface area contributed by atoms with Crippen LogP contribution >= 0.6 is 0 Å². The second-order valence-electron chi connectivity index (χ2n) is 9.66. The molecule has 2 aromatic carbocycles. The molecule has 2 fully saturated rings. The minimum Gasteiger partial charge on any atom is -0.508 e. The number of halogens is 1. The lowest BCUT2D eigenvalue weighted by Crippen LogP contribution is -2.58. The summed E-state index contributed by atoms with van der Waals surface area (Å²) in [6.45, 7) is 2.18. The number of piperazine rings is 1. The lowest BCUT2D eigenvalue weighted by Gasteiger charge is -2.45. The van der Waals surface area contributed by atoms with E-state index in [4.69, 9.17) is 4.74 Å². The largest absolute Gasteiger partial charge is 0.508 e. The van der Waals surface area contributed by atoms with Crippen LogP contribution in [0.3, 0.4) is 0 Å². The Hall–Kier alpha value is -3.09. The summed E-state index contributed by atoms with van der Waals surface area (Å²) < 4.78 is 21.3. The van der Waals surface area contributed by atoms with Gasteiger partial charge in [0.2, 0.25) is 0 Å². The number of aromatic hydroxyl groups is 1. The fourth-order valence-corrected chi connectivity index (χ4v) is 5.26. The third-order valence-corrected chi connectivity index (χ3v) is 7.27. The van der Waals surface area contributed by atoms with Gasteiger partial charge in [0.15, 0.2) is 0 Å². The van der Waals surface area contributed by atoms with Crippen LogP contribution in [-0.2, 0) is 4.74 Å². The summed E-state index contributed by atoms with van der Waals surface area (Å²) in [5.74, 6) is -0.163. The summed E-state index contributed by atoms with van der Waals surface area (Å²) in [5, 5.41) is 48.8. The van der Waals surface area contributed by atoms with Crippen LogP contribution in [0.2, 0.25) is 0 Å². The number of rotatable bonds is 7. The van der Waals surface area contributed by atoms with Crippen molar-refractivity contribution in [2.45, 2.75) is 36.8 Å². The van der Waals surface area contributed by atoms with Gasteiger partial charge in [-0.1, -0.05) is 17.3 Å². The van der Waals surface area contributed by atoms with Crippen molar-refractivity contribution in [3.63, 3.8) is 0 Å². The number of anilines is 1. The molecule has 3 aromatic rings. The maximum Gasteiger partial charge on any atom is 0.123 e. The summed E-state index contributed by atoms with van der Waals surface area (Å²) in [5.41, 5.74) is 2.05.